The molecule has 0 aliphatic heterocycles. The molecule has 18 heavy (non-hydrogen) atoms. The van der Waals surface area contributed by atoms with Crippen molar-refractivity contribution in [2.24, 2.45) is 11.7 Å². The van der Waals surface area contributed by atoms with Crippen LogP contribution in [0.1, 0.15) is 37.3 Å². The second kappa shape index (κ2) is 6.71. The van der Waals surface area contributed by atoms with Gasteiger partial charge in [0.2, 0.25) is 0 Å². The molecule has 2 nitrogen and oxygen atoms in total. The van der Waals surface area contributed by atoms with Crippen LogP contribution in [0.25, 0.3) is 0 Å². The lowest BCUT2D eigenvalue weighted by atomic mass is 9.91. The van der Waals surface area contributed by atoms with Crippen LogP contribution >= 0.6 is 24.0 Å². The molecule has 0 unspecified atom stereocenters. The number of hydrogen-bond donors (Lipinski definition) is 2. The van der Waals surface area contributed by atoms with Crippen LogP contribution in [0.2, 0.25) is 5.02 Å². The van der Waals surface area contributed by atoms with Gasteiger partial charge in [-0.1, -0.05) is 30.5 Å². The van der Waals surface area contributed by atoms with Gasteiger partial charge in [0.05, 0.1) is 12.1 Å². The highest BCUT2D eigenvalue weighted by Crippen LogP contribution is 2.33. The molecule has 102 valence electrons. The van der Waals surface area contributed by atoms with Crippen molar-refractivity contribution >= 4 is 24.0 Å². The van der Waals surface area contributed by atoms with Gasteiger partial charge in [0, 0.05) is 10.6 Å². The number of benzene rings is 1. The van der Waals surface area contributed by atoms with Crippen molar-refractivity contribution in [3.8, 4) is 0 Å². The van der Waals surface area contributed by atoms with Crippen molar-refractivity contribution in [3.05, 3.63) is 34.6 Å². The first-order valence-electron chi connectivity index (χ1n) is 5.98. The van der Waals surface area contributed by atoms with Gasteiger partial charge < -0.3 is 10.8 Å². The van der Waals surface area contributed by atoms with Crippen LogP contribution in [0.15, 0.2) is 18.2 Å². The molecule has 1 aromatic rings. The molecule has 2 rings (SSSR count). The van der Waals surface area contributed by atoms with Gasteiger partial charge in [0.25, 0.3) is 0 Å². The molecule has 0 aromatic heterocycles. The maximum absolute atomic E-state index is 13.7. The summed E-state index contributed by atoms with van der Waals surface area (Å²) in [5.74, 6) is -0.248. The summed E-state index contributed by atoms with van der Waals surface area (Å²) < 4.78 is 13.7. The number of halogens is 3. The fourth-order valence-corrected chi connectivity index (χ4v) is 2.71. The van der Waals surface area contributed by atoms with Crippen molar-refractivity contribution < 1.29 is 9.50 Å². The Morgan fingerprint density at radius 3 is 2.50 bits per heavy atom. The number of aliphatic hydroxyl groups excluding tert-OH is 1. The van der Waals surface area contributed by atoms with E-state index in [1.165, 1.54) is 6.07 Å². The summed E-state index contributed by atoms with van der Waals surface area (Å²) in [5.41, 5.74) is 6.28. The molecule has 0 saturated heterocycles. The van der Waals surface area contributed by atoms with Crippen molar-refractivity contribution in [2.75, 3.05) is 0 Å². The Balaban J connectivity index is 0.00000162. The van der Waals surface area contributed by atoms with E-state index in [-0.39, 0.29) is 18.3 Å². The minimum absolute atomic E-state index is 0. The number of nitrogens with two attached hydrogens (primary N) is 1. The van der Waals surface area contributed by atoms with E-state index >= 15 is 0 Å². The van der Waals surface area contributed by atoms with Crippen LogP contribution < -0.4 is 5.73 Å². The Bertz CT molecular complexity index is 397. The molecule has 2 atom stereocenters. The van der Waals surface area contributed by atoms with Gasteiger partial charge in [-0.3, -0.25) is 0 Å². The predicted octanol–water partition coefficient (Wildman–Crippen LogP) is 3.45. The zero-order valence-electron chi connectivity index (χ0n) is 9.98. The van der Waals surface area contributed by atoms with Crippen molar-refractivity contribution in [1.82, 2.24) is 0 Å². The lowest BCUT2D eigenvalue weighted by molar-refractivity contribution is 0.0833. The normalized spacial score (nSPS) is 19.3. The summed E-state index contributed by atoms with van der Waals surface area (Å²) in [6, 6.07) is 3.72. The van der Waals surface area contributed by atoms with Crippen LogP contribution in [-0.2, 0) is 0 Å². The highest BCUT2D eigenvalue weighted by atomic mass is 35.5. The topological polar surface area (TPSA) is 46.2 Å². The van der Waals surface area contributed by atoms with E-state index in [1.54, 1.807) is 12.1 Å². The lowest BCUT2D eigenvalue weighted by Crippen LogP contribution is -2.32. The number of rotatable bonds is 3. The fraction of sp³-hybridized carbons (Fsp3) is 0.538. The smallest absolute Gasteiger partial charge is 0.129 e. The quantitative estimate of drug-likeness (QED) is 0.897. The Morgan fingerprint density at radius 2 is 1.94 bits per heavy atom. The van der Waals surface area contributed by atoms with E-state index in [1.807, 2.05) is 0 Å². The minimum Gasteiger partial charge on any atom is -0.391 e. The van der Waals surface area contributed by atoms with Gasteiger partial charge in [-0.25, -0.2) is 4.39 Å². The molecule has 0 heterocycles. The minimum atomic E-state index is -0.673. The summed E-state index contributed by atoms with van der Waals surface area (Å²) >= 11 is 5.69. The van der Waals surface area contributed by atoms with E-state index in [0.717, 1.165) is 25.7 Å². The third kappa shape index (κ3) is 3.35. The van der Waals surface area contributed by atoms with Crippen LogP contribution in [0, 0.1) is 11.7 Å². The number of hydrogen-bond acceptors (Lipinski definition) is 2. The first-order valence-corrected chi connectivity index (χ1v) is 6.36. The molecule has 5 heteroatoms. The summed E-state index contributed by atoms with van der Waals surface area (Å²) in [4.78, 5) is 0. The van der Waals surface area contributed by atoms with Crippen molar-refractivity contribution in [2.45, 2.75) is 37.8 Å². The van der Waals surface area contributed by atoms with Gasteiger partial charge in [0.15, 0.2) is 0 Å². The van der Waals surface area contributed by atoms with Gasteiger partial charge >= 0.3 is 0 Å². The van der Waals surface area contributed by atoms with Gasteiger partial charge in [-0.05, 0) is 30.9 Å². The van der Waals surface area contributed by atoms with Crippen LogP contribution in [0.5, 0.6) is 0 Å². The Morgan fingerprint density at radius 1 is 1.33 bits per heavy atom. The van der Waals surface area contributed by atoms with E-state index in [0.29, 0.717) is 10.6 Å². The molecule has 0 amide bonds. The first kappa shape index (κ1) is 15.7. The molecule has 1 saturated carbocycles. The molecule has 1 aliphatic carbocycles. The molecular weight excluding hydrogens is 276 g/mol. The van der Waals surface area contributed by atoms with Gasteiger partial charge in [-0.15, -0.1) is 12.4 Å². The molecule has 0 bridgehead atoms. The predicted molar refractivity (Wildman–Crippen MR) is 73.6 cm³/mol. The maximum atomic E-state index is 13.7. The molecule has 1 aliphatic rings. The van der Waals surface area contributed by atoms with E-state index in [2.05, 4.69) is 0 Å². The SMILES string of the molecule is Cl.N[C@H](c1ccc(Cl)cc1F)[C@@H](O)C1CCCC1. The summed E-state index contributed by atoms with van der Waals surface area (Å²) in [6.45, 7) is 0. The third-order valence-corrected chi connectivity index (χ3v) is 3.81. The maximum Gasteiger partial charge on any atom is 0.129 e. The van der Waals surface area contributed by atoms with Gasteiger partial charge in [0.1, 0.15) is 5.82 Å². The average molecular weight is 294 g/mol. The number of aliphatic hydroxyl groups is 1. The average Bonchev–Trinajstić information content (AvgIpc) is 2.80. The van der Waals surface area contributed by atoms with Crippen LogP contribution in [0.4, 0.5) is 4.39 Å². The van der Waals surface area contributed by atoms with E-state index in [9.17, 15) is 9.50 Å². The first-order chi connectivity index (χ1) is 8.09. The van der Waals surface area contributed by atoms with Gasteiger partial charge in [-0.2, -0.15) is 0 Å². The summed E-state index contributed by atoms with van der Waals surface area (Å²) in [5, 5.41) is 10.5. The zero-order valence-corrected chi connectivity index (χ0v) is 11.6. The summed E-state index contributed by atoms with van der Waals surface area (Å²) in [7, 11) is 0. The highest BCUT2D eigenvalue weighted by molar-refractivity contribution is 6.30. The van der Waals surface area contributed by atoms with Crippen LogP contribution in [0.3, 0.4) is 0 Å². The Kier molecular flexibility index (Phi) is 5.86. The molecule has 0 spiro atoms. The standard InChI is InChI=1S/C13H17ClFNO.ClH/c14-9-5-6-10(11(15)7-9)12(16)13(17)8-3-1-2-4-8;/h5-8,12-13,17H,1-4,16H2;1H/t12-,13+;/m1./s1. The Labute approximate surface area is 118 Å². The second-order valence-corrected chi connectivity index (χ2v) is 5.16. The van der Waals surface area contributed by atoms with Crippen LogP contribution in [-0.4, -0.2) is 11.2 Å². The van der Waals surface area contributed by atoms with Crippen molar-refractivity contribution in [3.63, 3.8) is 0 Å². The monoisotopic (exact) mass is 293 g/mol. The zero-order chi connectivity index (χ0) is 12.4. The molecule has 0 radical (unpaired) electrons. The third-order valence-electron chi connectivity index (χ3n) is 3.57. The van der Waals surface area contributed by atoms with Crippen molar-refractivity contribution in [1.29, 1.82) is 0 Å². The highest BCUT2D eigenvalue weighted by Gasteiger charge is 2.29. The molecule has 1 aromatic carbocycles. The molecule has 1 fully saturated rings. The fourth-order valence-electron chi connectivity index (χ4n) is 2.55. The largest absolute Gasteiger partial charge is 0.391 e. The molecule has 3 N–H and O–H groups in total. The van der Waals surface area contributed by atoms with E-state index in [4.69, 9.17) is 17.3 Å². The summed E-state index contributed by atoms with van der Waals surface area (Å²) in [6.07, 6.45) is 3.52. The Hall–Kier alpha value is -0.350. The lowest BCUT2D eigenvalue weighted by Gasteiger charge is -2.24. The van der Waals surface area contributed by atoms with E-state index < -0.39 is 18.0 Å². The second-order valence-electron chi connectivity index (χ2n) is 4.73. The molecular formula is C13H18Cl2FNO.